The summed E-state index contributed by atoms with van der Waals surface area (Å²) >= 11 is 0. The molecule has 3 aromatic rings. The Kier molecular flexibility index (Phi) is 8.56. The van der Waals surface area contributed by atoms with Crippen LogP contribution in [0.2, 0.25) is 0 Å². The first kappa shape index (κ1) is 22.8. The average Bonchev–Trinajstić information content (AvgIpc) is 3.14. The maximum absolute atomic E-state index is 5.49. The van der Waals surface area contributed by atoms with E-state index in [-0.39, 0.29) is 24.0 Å². The maximum Gasteiger partial charge on any atom is 0.193 e. The lowest BCUT2D eigenvalue weighted by Crippen LogP contribution is -2.39. The normalized spacial score (nSPS) is 11.1. The minimum absolute atomic E-state index is 0. The van der Waals surface area contributed by atoms with Gasteiger partial charge in [0.15, 0.2) is 5.96 Å². The highest BCUT2D eigenvalue weighted by molar-refractivity contribution is 14.0. The number of hydrogen-bond donors (Lipinski definition) is 2. The Bertz CT molecular complexity index is 924. The molecule has 29 heavy (non-hydrogen) atoms. The van der Waals surface area contributed by atoms with Gasteiger partial charge < -0.3 is 24.7 Å². The number of aliphatic imine (C=N–C) groups is 1. The molecule has 0 aliphatic rings. The number of methoxy groups -OCH3 is 2. The third-order valence-electron chi connectivity index (χ3n) is 4.56. The SMILES string of the molecule is CN=C(NCCc1nc2ccccc2[nH]1)N(C)Cc1ccc(OC)cc1OC.I. The van der Waals surface area contributed by atoms with Crippen LogP contribution in [0.4, 0.5) is 0 Å². The number of nitrogens with one attached hydrogen (secondary N) is 2. The monoisotopic (exact) mass is 509 g/mol. The third-order valence-corrected chi connectivity index (χ3v) is 4.56. The standard InChI is InChI=1S/C21H27N5O2.HI/c1-22-21(23-12-11-20-24-17-7-5-6-8-18(17)25-20)26(2)14-15-9-10-16(27-3)13-19(15)28-4;/h5-10,13H,11-12,14H2,1-4H3,(H,22,23)(H,24,25);1H. The lowest BCUT2D eigenvalue weighted by Gasteiger charge is -2.23. The van der Waals surface area contributed by atoms with Gasteiger partial charge in [-0.1, -0.05) is 12.1 Å². The predicted octanol–water partition coefficient (Wildman–Crippen LogP) is 3.45. The van der Waals surface area contributed by atoms with Crippen molar-refractivity contribution in [2.45, 2.75) is 13.0 Å². The van der Waals surface area contributed by atoms with E-state index in [0.717, 1.165) is 52.8 Å². The first-order chi connectivity index (χ1) is 13.6. The van der Waals surface area contributed by atoms with Crippen molar-refractivity contribution < 1.29 is 9.47 Å². The Hall–Kier alpha value is -2.49. The molecule has 0 bridgehead atoms. The summed E-state index contributed by atoms with van der Waals surface area (Å²) < 4.78 is 10.8. The molecule has 0 fully saturated rings. The fraction of sp³-hybridized carbons (Fsp3) is 0.333. The number of imidazole rings is 1. The number of benzene rings is 2. The van der Waals surface area contributed by atoms with Crippen LogP contribution in [-0.4, -0.2) is 55.7 Å². The summed E-state index contributed by atoms with van der Waals surface area (Å²) in [4.78, 5) is 14.4. The third kappa shape index (κ3) is 5.75. The van der Waals surface area contributed by atoms with E-state index in [4.69, 9.17) is 9.47 Å². The van der Waals surface area contributed by atoms with Crippen LogP contribution in [0.1, 0.15) is 11.4 Å². The summed E-state index contributed by atoms with van der Waals surface area (Å²) in [6.45, 7) is 1.40. The van der Waals surface area contributed by atoms with Gasteiger partial charge in [-0.25, -0.2) is 4.98 Å². The molecule has 2 aromatic carbocycles. The van der Waals surface area contributed by atoms with Crippen LogP contribution in [0, 0.1) is 0 Å². The number of aromatic nitrogens is 2. The number of halogens is 1. The van der Waals surface area contributed by atoms with Gasteiger partial charge in [0.1, 0.15) is 17.3 Å². The van der Waals surface area contributed by atoms with Crippen LogP contribution in [0.25, 0.3) is 11.0 Å². The van der Waals surface area contributed by atoms with E-state index in [1.54, 1.807) is 21.3 Å². The summed E-state index contributed by atoms with van der Waals surface area (Å²) in [5.41, 5.74) is 3.11. The molecule has 0 aliphatic carbocycles. The Labute approximate surface area is 188 Å². The number of hydrogen-bond acceptors (Lipinski definition) is 4. The van der Waals surface area contributed by atoms with Crippen LogP contribution in [0.5, 0.6) is 11.5 Å². The van der Waals surface area contributed by atoms with E-state index < -0.39 is 0 Å². The Morgan fingerprint density at radius 1 is 1.17 bits per heavy atom. The molecule has 0 saturated carbocycles. The Morgan fingerprint density at radius 2 is 1.97 bits per heavy atom. The molecule has 0 spiro atoms. The lowest BCUT2D eigenvalue weighted by molar-refractivity contribution is 0.382. The number of para-hydroxylation sites is 2. The lowest BCUT2D eigenvalue weighted by atomic mass is 10.2. The van der Waals surface area contributed by atoms with Crippen LogP contribution in [0.3, 0.4) is 0 Å². The molecule has 156 valence electrons. The van der Waals surface area contributed by atoms with Crippen LogP contribution in [-0.2, 0) is 13.0 Å². The number of ether oxygens (including phenoxy) is 2. The first-order valence-electron chi connectivity index (χ1n) is 9.21. The van der Waals surface area contributed by atoms with E-state index in [9.17, 15) is 0 Å². The summed E-state index contributed by atoms with van der Waals surface area (Å²) in [5, 5.41) is 3.39. The molecule has 3 rings (SSSR count). The number of nitrogens with zero attached hydrogens (tertiary/aromatic N) is 3. The van der Waals surface area contributed by atoms with E-state index in [1.165, 1.54) is 0 Å². The van der Waals surface area contributed by atoms with Gasteiger partial charge in [0.2, 0.25) is 0 Å². The van der Waals surface area contributed by atoms with Gasteiger partial charge in [-0.05, 0) is 24.3 Å². The second-order valence-electron chi connectivity index (χ2n) is 6.46. The number of fused-ring (bicyclic) bond motifs is 1. The number of aromatic amines is 1. The Morgan fingerprint density at radius 3 is 2.66 bits per heavy atom. The number of rotatable bonds is 7. The second kappa shape index (κ2) is 10.9. The van der Waals surface area contributed by atoms with Crippen LogP contribution >= 0.6 is 24.0 Å². The maximum atomic E-state index is 5.49. The molecule has 0 amide bonds. The molecule has 2 N–H and O–H groups in total. The summed E-state index contributed by atoms with van der Waals surface area (Å²) in [5.74, 6) is 3.35. The zero-order valence-corrected chi connectivity index (χ0v) is 19.6. The smallest absolute Gasteiger partial charge is 0.193 e. The molecular formula is C21H28IN5O2. The average molecular weight is 509 g/mol. The molecular weight excluding hydrogens is 481 g/mol. The van der Waals surface area contributed by atoms with Gasteiger partial charge in [0, 0.05) is 45.2 Å². The molecule has 1 heterocycles. The number of guanidine groups is 1. The minimum Gasteiger partial charge on any atom is -0.497 e. The highest BCUT2D eigenvalue weighted by Crippen LogP contribution is 2.25. The van der Waals surface area contributed by atoms with E-state index in [2.05, 4.69) is 25.2 Å². The highest BCUT2D eigenvalue weighted by atomic mass is 127. The number of H-pyrrole nitrogens is 1. The zero-order valence-electron chi connectivity index (χ0n) is 17.2. The fourth-order valence-corrected chi connectivity index (χ4v) is 3.11. The van der Waals surface area contributed by atoms with Crippen molar-refractivity contribution >= 4 is 41.0 Å². The van der Waals surface area contributed by atoms with Crippen LogP contribution in [0.15, 0.2) is 47.5 Å². The Balaban J connectivity index is 0.00000300. The molecule has 0 saturated heterocycles. The van der Waals surface area contributed by atoms with Crippen molar-refractivity contribution in [3.05, 3.63) is 53.9 Å². The summed E-state index contributed by atoms with van der Waals surface area (Å²) in [6.07, 6.45) is 0.785. The van der Waals surface area contributed by atoms with E-state index >= 15 is 0 Å². The second-order valence-corrected chi connectivity index (χ2v) is 6.46. The van der Waals surface area contributed by atoms with Crippen molar-refractivity contribution in [1.29, 1.82) is 0 Å². The molecule has 7 nitrogen and oxygen atoms in total. The predicted molar refractivity (Wildman–Crippen MR) is 128 cm³/mol. The molecule has 0 unspecified atom stereocenters. The molecule has 0 aliphatic heterocycles. The van der Waals surface area contributed by atoms with Crippen LogP contribution < -0.4 is 14.8 Å². The van der Waals surface area contributed by atoms with Gasteiger partial charge in [-0.2, -0.15) is 0 Å². The first-order valence-corrected chi connectivity index (χ1v) is 9.21. The van der Waals surface area contributed by atoms with Crippen molar-refractivity contribution in [1.82, 2.24) is 20.2 Å². The highest BCUT2D eigenvalue weighted by Gasteiger charge is 2.11. The van der Waals surface area contributed by atoms with Gasteiger partial charge in [0.25, 0.3) is 0 Å². The van der Waals surface area contributed by atoms with Gasteiger partial charge >= 0.3 is 0 Å². The zero-order chi connectivity index (χ0) is 19.9. The van der Waals surface area contributed by atoms with Crippen molar-refractivity contribution in [2.75, 3.05) is 34.9 Å². The van der Waals surface area contributed by atoms with Crippen molar-refractivity contribution in [3.63, 3.8) is 0 Å². The van der Waals surface area contributed by atoms with E-state index in [0.29, 0.717) is 6.54 Å². The van der Waals surface area contributed by atoms with Crippen molar-refractivity contribution in [2.24, 2.45) is 4.99 Å². The summed E-state index contributed by atoms with van der Waals surface area (Å²) in [7, 11) is 7.10. The topological polar surface area (TPSA) is 74.8 Å². The molecule has 8 heteroatoms. The van der Waals surface area contributed by atoms with Gasteiger partial charge in [-0.3, -0.25) is 4.99 Å². The molecule has 1 aromatic heterocycles. The van der Waals surface area contributed by atoms with Crippen molar-refractivity contribution in [3.8, 4) is 11.5 Å². The largest absolute Gasteiger partial charge is 0.497 e. The van der Waals surface area contributed by atoms with Gasteiger partial charge in [0.05, 0.1) is 25.3 Å². The van der Waals surface area contributed by atoms with Gasteiger partial charge in [-0.15, -0.1) is 24.0 Å². The molecule has 0 atom stereocenters. The minimum atomic E-state index is 0. The molecule has 0 radical (unpaired) electrons. The summed E-state index contributed by atoms with van der Waals surface area (Å²) in [6, 6.07) is 13.9. The van der Waals surface area contributed by atoms with E-state index in [1.807, 2.05) is 49.5 Å². The quantitative estimate of drug-likeness (QED) is 0.290. The fourth-order valence-electron chi connectivity index (χ4n) is 3.11.